The molecule has 1 aliphatic rings. The average Bonchev–Trinajstić information content (AvgIpc) is 2.28. The van der Waals surface area contributed by atoms with Crippen LogP contribution in [0, 0.1) is 5.41 Å². The molecule has 1 aromatic rings. The SMILES string of the molecule is C=C(C)C(C)(C)C1C(=O)OCc2ccccc21. The second kappa shape index (κ2) is 4.02. The zero-order chi connectivity index (χ0) is 12.6. The number of allylic oxidation sites excluding steroid dienone is 1. The molecule has 0 saturated heterocycles. The van der Waals surface area contributed by atoms with Crippen LogP contribution < -0.4 is 0 Å². The van der Waals surface area contributed by atoms with Gasteiger partial charge in [0.25, 0.3) is 0 Å². The van der Waals surface area contributed by atoms with Crippen molar-refractivity contribution in [2.45, 2.75) is 33.3 Å². The normalized spacial score (nSPS) is 19.5. The molecule has 0 fully saturated rings. The number of benzene rings is 1. The summed E-state index contributed by atoms with van der Waals surface area (Å²) in [5.74, 6) is -0.387. The van der Waals surface area contributed by atoms with Crippen molar-refractivity contribution in [1.82, 2.24) is 0 Å². The van der Waals surface area contributed by atoms with Crippen molar-refractivity contribution in [2.75, 3.05) is 0 Å². The maximum atomic E-state index is 12.0. The standard InChI is InChI=1S/C15H18O2/c1-10(2)15(3,4)13-12-8-6-5-7-11(12)9-17-14(13)16/h5-8,13H,1,9H2,2-4H3. The molecule has 0 aromatic heterocycles. The lowest BCUT2D eigenvalue weighted by atomic mass is 9.69. The van der Waals surface area contributed by atoms with E-state index >= 15 is 0 Å². The van der Waals surface area contributed by atoms with E-state index in [0.717, 1.165) is 16.7 Å². The highest BCUT2D eigenvalue weighted by Gasteiger charge is 2.41. The van der Waals surface area contributed by atoms with E-state index in [1.807, 2.05) is 45.0 Å². The van der Waals surface area contributed by atoms with Gasteiger partial charge in [-0.15, -0.1) is 0 Å². The van der Waals surface area contributed by atoms with Gasteiger partial charge in [-0.05, 0) is 18.1 Å². The largest absolute Gasteiger partial charge is 0.460 e. The average molecular weight is 230 g/mol. The Hall–Kier alpha value is -1.57. The van der Waals surface area contributed by atoms with Gasteiger partial charge < -0.3 is 4.74 Å². The van der Waals surface area contributed by atoms with Crippen molar-refractivity contribution in [2.24, 2.45) is 5.41 Å². The lowest BCUT2D eigenvalue weighted by molar-refractivity contribution is -0.151. The Labute approximate surface area is 102 Å². The Morgan fingerprint density at radius 3 is 2.71 bits per heavy atom. The summed E-state index contributed by atoms with van der Waals surface area (Å²) in [6, 6.07) is 7.98. The van der Waals surface area contributed by atoms with Crippen LogP contribution in [0.3, 0.4) is 0 Å². The summed E-state index contributed by atoms with van der Waals surface area (Å²) in [5.41, 5.74) is 2.90. The van der Waals surface area contributed by atoms with Crippen LogP contribution >= 0.6 is 0 Å². The number of rotatable bonds is 2. The second-order valence-electron chi connectivity index (χ2n) is 5.24. The maximum Gasteiger partial charge on any atom is 0.314 e. The number of ether oxygens (including phenoxy) is 1. The summed E-state index contributed by atoms with van der Waals surface area (Å²) in [4.78, 5) is 12.0. The molecule has 0 spiro atoms. The smallest absolute Gasteiger partial charge is 0.314 e. The summed E-state index contributed by atoms with van der Waals surface area (Å²) in [7, 11) is 0. The Morgan fingerprint density at radius 2 is 2.06 bits per heavy atom. The van der Waals surface area contributed by atoms with Crippen molar-refractivity contribution in [1.29, 1.82) is 0 Å². The van der Waals surface area contributed by atoms with Gasteiger partial charge in [0, 0.05) is 5.41 Å². The summed E-state index contributed by atoms with van der Waals surface area (Å²) in [6.45, 7) is 10.4. The van der Waals surface area contributed by atoms with Crippen molar-refractivity contribution < 1.29 is 9.53 Å². The van der Waals surface area contributed by atoms with Gasteiger partial charge in [0.05, 0.1) is 5.92 Å². The van der Waals surface area contributed by atoms with Crippen LogP contribution in [-0.2, 0) is 16.1 Å². The highest BCUT2D eigenvalue weighted by atomic mass is 16.5. The molecule has 1 heterocycles. The fourth-order valence-corrected chi connectivity index (χ4v) is 2.24. The molecule has 1 aromatic carbocycles. The number of hydrogen-bond donors (Lipinski definition) is 0. The van der Waals surface area contributed by atoms with Crippen molar-refractivity contribution in [3.05, 3.63) is 47.5 Å². The summed E-state index contributed by atoms with van der Waals surface area (Å²) in [5, 5.41) is 0. The van der Waals surface area contributed by atoms with Crippen LogP contribution in [0.15, 0.2) is 36.4 Å². The molecule has 90 valence electrons. The molecule has 0 amide bonds. The van der Waals surface area contributed by atoms with E-state index in [0.29, 0.717) is 6.61 Å². The number of fused-ring (bicyclic) bond motifs is 1. The van der Waals surface area contributed by atoms with E-state index in [1.165, 1.54) is 0 Å². The first-order valence-corrected chi connectivity index (χ1v) is 5.85. The molecule has 1 unspecified atom stereocenters. The second-order valence-corrected chi connectivity index (χ2v) is 5.24. The maximum absolute atomic E-state index is 12.0. The fraction of sp³-hybridized carbons (Fsp3) is 0.400. The van der Waals surface area contributed by atoms with E-state index in [2.05, 4.69) is 6.58 Å². The van der Waals surface area contributed by atoms with E-state index < -0.39 is 0 Å². The molecule has 0 aliphatic carbocycles. The Bertz CT molecular complexity index is 472. The van der Waals surface area contributed by atoms with Crippen LogP contribution in [0.4, 0.5) is 0 Å². The van der Waals surface area contributed by atoms with E-state index in [-0.39, 0.29) is 17.3 Å². The fourth-order valence-electron chi connectivity index (χ4n) is 2.24. The molecule has 2 heteroatoms. The predicted molar refractivity (Wildman–Crippen MR) is 67.6 cm³/mol. The first-order valence-electron chi connectivity index (χ1n) is 5.85. The number of cyclic esters (lactones) is 1. The molecule has 1 atom stereocenters. The van der Waals surface area contributed by atoms with Crippen LogP contribution in [0.25, 0.3) is 0 Å². The Balaban J connectivity index is 2.54. The van der Waals surface area contributed by atoms with Gasteiger partial charge in [-0.25, -0.2) is 0 Å². The summed E-state index contributed by atoms with van der Waals surface area (Å²) < 4.78 is 5.27. The highest BCUT2D eigenvalue weighted by Crippen LogP contribution is 2.44. The van der Waals surface area contributed by atoms with Crippen LogP contribution in [0.2, 0.25) is 0 Å². The van der Waals surface area contributed by atoms with Gasteiger partial charge in [-0.1, -0.05) is 50.3 Å². The number of carbonyl (C=O) groups is 1. The summed E-state index contributed by atoms with van der Waals surface area (Å²) >= 11 is 0. The third-order valence-electron chi connectivity index (χ3n) is 3.79. The number of esters is 1. The summed E-state index contributed by atoms with van der Waals surface area (Å²) in [6.07, 6.45) is 0. The van der Waals surface area contributed by atoms with Crippen LogP contribution in [0.1, 0.15) is 37.8 Å². The van der Waals surface area contributed by atoms with Crippen molar-refractivity contribution >= 4 is 5.97 Å². The molecule has 0 N–H and O–H groups in total. The van der Waals surface area contributed by atoms with E-state index in [9.17, 15) is 4.79 Å². The number of hydrogen-bond acceptors (Lipinski definition) is 2. The minimum atomic E-state index is -0.284. The number of carbonyl (C=O) groups excluding carboxylic acids is 1. The molecule has 0 radical (unpaired) electrons. The van der Waals surface area contributed by atoms with Gasteiger partial charge >= 0.3 is 5.97 Å². The topological polar surface area (TPSA) is 26.3 Å². The van der Waals surface area contributed by atoms with Crippen molar-refractivity contribution in [3.63, 3.8) is 0 Å². The van der Waals surface area contributed by atoms with Gasteiger partial charge in [0.15, 0.2) is 0 Å². The minimum Gasteiger partial charge on any atom is -0.460 e. The molecule has 0 bridgehead atoms. The first kappa shape index (κ1) is 11.9. The lowest BCUT2D eigenvalue weighted by Gasteiger charge is -2.37. The zero-order valence-corrected chi connectivity index (χ0v) is 10.6. The zero-order valence-electron chi connectivity index (χ0n) is 10.6. The first-order chi connectivity index (χ1) is 7.94. The van der Waals surface area contributed by atoms with E-state index in [1.54, 1.807) is 0 Å². The van der Waals surface area contributed by atoms with Gasteiger partial charge in [0.1, 0.15) is 6.61 Å². The predicted octanol–water partition coefficient (Wildman–Crippen LogP) is 3.43. The lowest BCUT2D eigenvalue weighted by Crippen LogP contribution is -2.34. The van der Waals surface area contributed by atoms with Gasteiger partial charge in [-0.3, -0.25) is 4.79 Å². The van der Waals surface area contributed by atoms with Crippen LogP contribution in [0.5, 0.6) is 0 Å². The minimum absolute atomic E-state index is 0.142. The van der Waals surface area contributed by atoms with Crippen LogP contribution in [-0.4, -0.2) is 5.97 Å². The third kappa shape index (κ3) is 1.88. The molecule has 2 rings (SSSR count). The highest BCUT2D eigenvalue weighted by molar-refractivity contribution is 5.81. The molecule has 1 aliphatic heterocycles. The molecular weight excluding hydrogens is 212 g/mol. The van der Waals surface area contributed by atoms with Crippen molar-refractivity contribution in [3.8, 4) is 0 Å². The Morgan fingerprint density at radius 1 is 1.41 bits per heavy atom. The molecule has 17 heavy (non-hydrogen) atoms. The van der Waals surface area contributed by atoms with E-state index in [4.69, 9.17) is 4.74 Å². The van der Waals surface area contributed by atoms with Gasteiger partial charge in [-0.2, -0.15) is 0 Å². The monoisotopic (exact) mass is 230 g/mol. The molecule has 0 saturated carbocycles. The molecule has 2 nitrogen and oxygen atoms in total. The molecular formula is C15H18O2. The third-order valence-corrected chi connectivity index (χ3v) is 3.79. The Kier molecular flexibility index (Phi) is 2.82. The quantitative estimate of drug-likeness (QED) is 0.574. The van der Waals surface area contributed by atoms with Gasteiger partial charge in [0.2, 0.25) is 0 Å².